The Hall–Kier alpha value is -4.23. The molecule has 0 N–H and O–H groups in total. The van der Waals surface area contributed by atoms with E-state index in [-0.39, 0.29) is 42.5 Å². The molecule has 3 aliphatic rings. The maximum Gasteiger partial charge on any atom is 0.319 e. The second-order valence-corrected chi connectivity index (χ2v) is 13.2. The van der Waals surface area contributed by atoms with Crippen molar-refractivity contribution in [3.63, 3.8) is 0 Å². The number of piperidine rings is 1. The van der Waals surface area contributed by atoms with Gasteiger partial charge in [-0.3, -0.25) is 14.7 Å². The molecule has 10 nitrogen and oxygen atoms in total. The number of benzene rings is 2. The van der Waals surface area contributed by atoms with Crippen LogP contribution in [-0.2, 0) is 20.7 Å². The zero-order chi connectivity index (χ0) is 34.3. The molecule has 49 heavy (non-hydrogen) atoms. The summed E-state index contributed by atoms with van der Waals surface area (Å²) in [7, 11) is 2.88. The van der Waals surface area contributed by atoms with Crippen LogP contribution in [0.5, 0.6) is 11.8 Å². The Morgan fingerprint density at radius 1 is 1.08 bits per heavy atom. The fraction of sp³-hybridized carbons (Fsp3) is 0.500. The van der Waals surface area contributed by atoms with Crippen molar-refractivity contribution in [1.82, 2.24) is 19.9 Å². The molecule has 0 saturated carbocycles. The summed E-state index contributed by atoms with van der Waals surface area (Å²) in [5.41, 5.74) is 0.275. The van der Waals surface area contributed by atoms with E-state index in [0.717, 1.165) is 19.4 Å². The number of fused-ring (bicyclic) bond motifs is 3. The quantitative estimate of drug-likeness (QED) is 0.146. The van der Waals surface area contributed by atoms with Gasteiger partial charge in [0.15, 0.2) is 12.6 Å². The maximum absolute atomic E-state index is 17.0. The highest BCUT2D eigenvalue weighted by Crippen LogP contribution is 2.42. The predicted molar refractivity (Wildman–Crippen MR) is 178 cm³/mol. The van der Waals surface area contributed by atoms with Crippen LogP contribution in [0.1, 0.15) is 44.6 Å². The molecular weight excluding hydrogens is 639 g/mol. The highest BCUT2D eigenvalue weighted by molar-refractivity contribution is 6.01. The summed E-state index contributed by atoms with van der Waals surface area (Å²) in [5, 5.41) is 1.55. The number of aromatic nitrogens is 3. The summed E-state index contributed by atoms with van der Waals surface area (Å²) >= 11 is 0. The van der Waals surface area contributed by atoms with Crippen molar-refractivity contribution in [2.75, 3.05) is 58.7 Å². The lowest BCUT2D eigenvalue weighted by atomic mass is 9.94. The minimum Gasteiger partial charge on any atom is -0.469 e. The highest BCUT2D eigenvalue weighted by atomic mass is 19.1. The number of carbonyl (C=O) groups is 1. The van der Waals surface area contributed by atoms with Crippen LogP contribution < -0.4 is 14.4 Å². The van der Waals surface area contributed by atoms with Gasteiger partial charge in [-0.15, -0.1) is 0 Å². The Morgan fingerprint density at radius 3 is 2.65 bits per heavy atom. The third-order valence-corrected chi connectivity index (χ3v) is 10.3. The van der Waals surface area contributed by atoms with Gasteiger partial charge in [-0.2, -0.15) is 9.97 Å². The summed E-state index contributed by atoms with van der Waals surface area (Å²) in [5.74, 6) is -0.797. The zero-order valence-corrected chi connectivity index (χ0v) is 27.9. The van der Waals surface area contributed by atoms with Crippen molar-refractivity contribution in [2.24, 2.45) is 5.92 Å². The van der Waals surface area contributed by atoms with Gasteiger partial charge >= 0.3 is 12.0 Å². The predicted octanol–water partition coefficient (Wildman–Crippen LogP) is 6.01. The van der Waals surface area contributed by atoms with Gasteiger partial charge in [0.1, 0.15) is 41.4 Å². The van der Waals surface area contributed by atoms with E-state index >= 15 is 8.78 Å². The zero-order valence-electron chi connectivity index (χ0n) is 27.9. The number of aryl methyl sites for hydroxylation is 1. The number of anilines is 1. The monoisotopic (exact) mass is 679 g/mol. The van der Waals surface area contributed by atoms with Crippen molar-refractivity contribution in [3.05, 3.63) is 47.7 Å². The van der Waals surface area contributed by atoms with Gasteiger partial charge in [-0.1, -0.05) is 13.0 Å². The van der Waals surface area contributed by atoms with Gasteiger partial charge in [0.25, 0.3) is 0 Å². The molecule has 0 bridgehead atoms. The number of hydrogen-bond acceptors (Lipinski definition) is 10. The van der Waals surface area contributed by atoms with Gasteiger partial charge in [-0.05, 0) is 73.2 Å². The maximum atomic E-state index is 17.0. The molecule has 2 aromatic heterocycles. The molecule has 3 aliphatic heterocycles. The lowest BCUT2D eigenvalue weighted by Gasteiger charge is -2.33. The number of esters is 1. The molecule has 0 aliphatic carbocycles. The summed E-state index contributed by atoms with van der Waals surface area (Å²) < 4.78 is 68.8. The Labute approximate surface area is 282 Å². The SMILES string of the molecule is CCc1c(F)ccc2cc(OCOC)cc(-c3ncc4c(N5CCC(C(=O)OC)CC5)nc(OC[C@@]56CCCN5C[C@H](F)C6)nc4c3F)c12. The molecule has 3 fully saturated rings. The molecule has 4 aromatic rings. The van der Waals surface area contributed by atoms with Gasteiger partial charge in [0, 0.05) is 44.9 Å². The third kappa shape index (κ3) is 6.11. The van der Waals surface area contributed by atoms with Crippen LogP contribution in [0.4, 0.5) is 19.0 Å². The van der Waals surface area contributed by atoms with Crippen molar-refractivity contribution in [1.29, 1.82) is 0 Å². The van der Waals surface area contributed by atoms with E-state index in [0.29, 0.717) is 84.2 Å². The molecule has 13 heteroatoms. The number of ether oxygens (including phenoxy) is 4. The van der Waals surface area contributed by atoms with E-state index < -0.39 is 23.3 Å². The molecule has 2 aromatic carbocycles. The van der Waals surface area contributed by atoms with Gasteiger partial charge < -0.3 is 23.8 Å². The second-order valence-electron chi connectivity index (χ2n) is 13.2. The molecular formula is C36H40F3N5O5. The molecule has 0 amide bonds. The molecule has 5 heterocycles. The number of rotatable bonds is 10. The van der Waals surface area contributed by atoms with Crippen LogP contribution in [0.2, 0.25) is 0 Å². The van der Waals surface area contributed by atoms with E-state index in [1.54, 1.807) is 18.2 Å². The first-order valence-electron chi connectivity index (χ1n) is 16.8. The van der Waals surface area contributed by atoms with Crippen LogP contribution >= 0.6 is 0 Å². The van der Waals surface area contributed by atoms with E-state index in [2.05, 4.69) is 14.9 Å². The minimum atomic E-state index is -0.935. The number of halogens is 3. The van der Waals surface area contributed by atoms with Crippen molar-refractivity contribution >= 4 is 33.5 Å². The number of pyridine rings is 1. The van der Waals surface area contributed by atoms with Crippen LogP contribution in [0.15, 0.2) is 30.5 Å². The number of nitrogens with zero attached hydrogens (tertiary/aromatic N) is 5. The van der Waals surface area contributed by atoms with Gasteiger partial charge in [-0.25, -0.2) is 13.2 Å². The summed E-state index contributed by atoms with van der Waals surface area (Å²) in [4.78, 5) is 30.3. The topological polar surface area (TPSA) is 99.1 Å². The van der Waals surface area contributed by atoms with Crippen LogP contribution in [0, 0.1) is 17.6 Å². The van der Waals surface area contributed by atoms with Crippen molar-refractivity contribution < 1.29 is 36.9 Å². The van der Waals surface area contributed by atoms with Crippen molar-refractivity contribution in [2.45, 2.75) is 57.2 Å². The number of alkyl halides is 1. The third-order valence-electron chi connectivity index (χ3n) is 10.3. The summed E-state index contributed by atoms with van der Waals surface area (Å²) in [6, 6.07) is 6.39. The summed E-state index contributed by atoms with van der Waals surface area (Å²) in [6.07, 6.45) is 4.13. The lowest BCUT2D eigenvalue weighted by molar-refractivity contribution is -0.146. The first-order valence-corrected chi connectivity index (χ1v) is 16.8. The smallest absolute Gasteiger partial charge is 0.319 e. The first-order chi connectivity index (χ1) is 23.7. The van der Waals surface area contributed by atoms with Gasteiger partial charge in [0.05, 0.1) is 24.0 Å². The van der Waals surface area contributed by atoms with E-state index in [1.165, 1.54) is 26.5 Å². The normalized spacial score (nSPS) is 21.4. The van der Waals surface area contributed by atoms with Crippen LogP contribution in [0.3, 0.4) is 0 Å². The fourth-order valence-corrected chi connectivity index (χ4v) is 7.89. The molecule has 0 radical (unpaired) electrons. The Balaban J connectivity index is 1.35. The molecule has 7 rings (SSSR count). The number of hydrogen-bond donors (Lipinski definition) is 0. The average Bonchev–Trinajstić information content (AvgIpc) is 3.65. The molecule has 2 atom stereocenters. The molecule has 3 saturated heterocycles. The Bertz CT molecular complexity index is 1890. The average molecular weight is 680 g/mol. The molecule has 260 valence electrons. The van der Waals surface area contributed by atoms with Gasteiger partial charge in [0.2, 0.25) is 0 Å². The molecule has 0 spiro atoms. The standard InChI is InChI=1S/C36H40F3N5O5/c1-4-25-28(38)7-6-22-14-24(49-20-46-2)15-26(29(22)25)31-30(39)32-27(17-40-31)33(43-12-8-21(9-13-43)34(45)47-3)42-35(41-32)48-19-36-10-5-11-44(36)18-23(37)16-36/h6-7,14-15,17,21,23H,4-5,8-13,16,18-20H2,1-3H3/t23-,36+/m1/s1. The van der Waals surface area contributed by atoms with Crippen LogP contribution in [-0.4, -0.2) is 91.3 Å². The number of carbonyl (C=O) groups excluding carboxylic acids is 1. The molecule has 0 unspecified atom stereocenters. The Kier molecular flexibility index (Phi) is 9.23. The second kappa shape index (κ2) is 13.6. The Morgan fingerprint density at radius 2 is 1.90 bits per heavy atom. The lowest BCUT2D eigenvalue weighted by Crippen LogP contribution is -2.43. The van der Waals surface area contributed by atoms with Crippen LogP contribution in [0.25, 0.3) is 32.9 Å². The highest BCUT2D eigenvalue weighted by Gasteiger charge is 2.49. The van der Waals surface area contributed by atoms with Crippen molar-refractivity contribution in [3.8, 4) is 23.0 Å². The largest absolute Gasteiger partial charge is 0.469 e. The summed E-state index contributed by atoms with van der Waals surface area (Å²) in [6.45, 7) is 4.09. The van der Waals surface area contributed by atoms with E-state index in [4.69, 9.17) is 23.9 Å². The van der Waals surface area contributed by atoms with E-state index in [9.17, 15) is 9.18 Å². The minimum absolute atomic E-state index is 0.0125. The first kappa shape index (κ1) is 33.3. The number of methoxy groups -OCH3 is 2. The fourth-order valence-electron chi connectivity index (χ4n) is 7.89. The van der Waals surface area contributed by atoms with E-state index in [1.807, 2.05) is 11.8 Å².